The van der Waals surface area contributed by atoms with E-state index >= 15 is 0 Å². The lowest BCUT2D eigenvalue weighted by molar-refractivity contribution is 0.633. The van der Waals surface area contributed by atoms with E-state index in [0.29, 0.717) is 0 Å². The zero-order valence-corrected chi connectivity index (χ0v) is 33.2. The Kier molecular flexibility index (Phi) is 7.64. The number of aryl methyl sites for hydroxylation is 2. The van der Waals surface area contributed by atoms with Crippen molar-refractivity contribution in [2.45, 2.75) is 33.1 Å². The average Bonchev–Trinajstić information content (AvgIpc) is 3.57. The van der Waals surface area contributed by atoms with Crippen LogP contribution in [0.4, 0.5) is 34.1 Å². The van der Waals surface area contributed by atoms with Gasteiger partial charge >= 0.3 is 0 Å². The normalized spacial score (nSPS) is 13.3. The largest absolute Gasteiger partial charge is 0.310 e. The first-order chi connectivity index (χ1) is 28.3. The molecule has 2 heterocycles. The molecular formula is C55H43N3. The van der Waals surface area contributed by atoms with E-state index in [9.17, 15) is 0 Å². The number of anilines is 6. The summed E-state index contributed by atoms with van der Waals surface area (Å²) in [7, 11) is 0. The minimum atomic E-state index is -0.240. The molecule has 11 rings (SSSR count). The maximum Gasteiger partial charge on any atom is 0.0562 e. The summed E-state index contributed by atoms with van der Waals surface area (Å²) >= 11 is 0. The van der Waals surface area contributed by atoms with Crippen LogP contribution in [-0.2, 0) is 5.41 Å². The van der Waals surface area contributed by atoms with Crippen molar-refractivity contribution in [2.24, 2.45) is 0 Å². The Hall–Kier alpha value is -7.10. The fourth-order valence-electron chi connectivity index (χ4n) is 9.77. The predicted octanol–water partition coefficient (Wildman–Crippen LogP) is 15.3. The van der Waals surface area contributed by atoms with Gasteiger partial charge in [0.1, 0.15) is 0 Å². The molecule has 58 heavy (non-hydrogen) atoms. The molecule has 9 aromatic carbocycles. The molecule has 0 unspecified atom stereocenters. The summed E-state index contributed by atoms with van der Waals surface area (Å²) in [6.07, 6.45) is 0. The standard InChI is InChI=1S/C55H43N3/c1-36-30-37(2)32-42(31-36)57-50-24-12-10-20-45(50)46-34-48-54(35-53(46)57)58(52-25-13-11-23-47(52)55(48,3)4)51-27-15-21-43-44(51)22-14-26-49(43)56(40-18-6-5-7-19-40)41-29-28-38-16-8-9-17-39(38)33-41/h5-35H,1-4H3. The van der Waals surface area contributed by atoms with E-state index in [1.165, 1.54) is 82.7 Å². The third kappa shape index (κ3) is 5.20. The fraction of sp³-hybridized carbons (Fsp3) is 0.0909. The summed E-state index contributed by atoms with van der Waals surface area (Å²) in [4.78, 5) is 4.94. The number of benzene rings is 9. The molecule has 0 aliphatic carbocycles. The minimum Gasteiger partial charge on any atom is -0.310 e. The number of hydrogen-bond donors (Lipinski definition) is 0. The number of hydrogen-bond acceptors (Lipinski definition) is 2. The van der Waals surface area contributed by atoms with Gasteiger partial charge in [-0.05, 0) is 120 Å². The Balaban J connectivity index is 1.19. The summed E-state index contributed by atoms with van der Waals surface area (Å²) in [5, 5.41) is 7.37. The Morgan fingerprint density at radius 2 is 1.09 bits per heavy atom. The van der Waals surface area contributed by atoms with E-state index in [4.69, 9.17) is 0 Å². The number of fused-ring (bicyclic) bond motifs is 7. The highest BCUT2D eigenvalue weighted by atomic mass is 15.2. The summed E-state index contributed by atoms with van der Waals surface area (Å²) in [5.74, 6) is 0. The zero-order valence-electron chi connectivity index (χ0n) is 33.2. The van der Waals surface area contributed by atoms with Crippen molar-refractivity contribution in [3.05, 3.63) is 210 Å². The second-order valence-electron chi connectivity index (χ2n) is 16.4. The van der Waals surface area contributed by atoms with Crippen LogP contribution >= 0.6 is 0 Å². The molecule has 0 amide bonds. The molecule has 1 aliphatic rings. The van der Waals surface area contributed by atoms with Crippen molar-refractivity contribution in [1.29, 1.82) is 0 Å². The molecule has 0 bridgehead atoms. The SMILES string of the molecule is Cc1cc(C)cc(-n2c3ccccc3c3cc4c(cc32)N(c2cccc3c(N(c5ccccc5)c5ccc6ccccc6c5)cccc23)c2ccccc2C4(C)C)c1. The highest BCUT2D eigenvalue weighted by molar-refractivity contribution is 6.13. The van der Waals surface area contributed by atoms with E-state index in [0.717, 1.165) is 22.7 Å². The van der Waals surface area contributed by atoms with E-state index in [2.05, 4.69) is 230 Å². The van der Waals surface area contributed by atoms with Gasteiger partial charge in [0.2, 0.25) is 0 Å². The Morgan fingerprint density at radius 1 is 0.414 bits per heavy atom. The first-order valence-corrected chi connectivity index (χ1v) is 20.3. The van der Waals surface area contributed by atoms with Crippen molar-refractivity contribution in [2.75, 3.05) is 9.80 Å². The summed E-state index contributed by atoms with van der Waals surface area (Å²) in [6, 6.07) is 69.5. The predicted molar refractivity (Wildman–Crippen MR) is 247 cm³/mol. The topological polar surface area (TPSA) is 11.4 Å². The number of nitrogens with zero attached hydrogens (tertiary/aromatic N) is 3. The number of para-hydroxylation sites is 3. The van der Waals surface area contributed by atoms with E-state index in [1.54, 1.807) is 0 Å². The van der Waals surface area contributed by atoms with Gasteiger partial charge in [0, 0.05) is 44.0 Å². The molecule has 1 aliphatic heterocycles. The Morgan fingerprint density at radius 3 is 1.93 bits per heavy atom. The second kappa shape index (κ2) is 13.0. The van der Waals surface area contributed by atoms with Crippen LogP contribution in [0, 0.1) is 13.8 Å². The first kappa shape index (κ1) is 34.2. The molecule has 0 spiro atoms. The van der Waals surface area contributed by atoms with E-state index < -0.39 is 0 Å². The molecular weight excluding hydrogens is 703 g/mol. The molecule has 0 saturated carbocycles. The molecule has 0 atom stereocenters. The highest BCUT2D eigenvalue weighted by Gasteiger charge is 2.38. The second-order valence-corrected chi connectivity index (χ2v) is 16.4. The highest BCUT2D eigenvalue weighted by Crippen LogP contribution is 2.55. The maximum absolute atomic E-state index is 2.54. The van der Waals surface area contributed by atoms with Crippen molar-refractivity contribution in [1.82, 2.24) is 4.57 Å². The summed E-state index contributed by atoms with van der Waals surface area (Å²) < 4.78 is 2.47. The molecule has 3 heteroatoms. The van der Waals surface area contributed by atoms with Crippen LogP contribution in [0.25, 0.3) is 49.0 Å². The minimum absolute atomic E-state index is 0.240. The number of rotatable bonds is 5. The van der Waals surface area contributed by atoms with Crippen LogP contribution in [0.1, 0.15) is 36.1 Å². The fourth-order valence-corrected chi connectivity index (χ4v) is 9.77. The average molecular weight is 746 g/mol. The van der Waals surface area contributed by atoms with Gasteiger partial charge in [-0.15, -0.1) is 0 Å². The molecule has 278 valence electrons. The van der Waals surface area contributed by atoms with Crippen LogP contribution < -0.4 is 9.80 Å². The Bertz CT molecular complexity index is 3220. The lowest BCUT2D eigenvalue weighted by atomic mass is 9.73. The monoisotopic (exact) mass is 745 g/mol. The molecule has 0 saturated heterocycles. The van der Waals surface area contributed by atoms with Crippen molar-refractivity contribution >= 4 is 77.5 Å². The van der Waals surface area contributed by atoms with Crippen molar-refractivity contribution in [3.63, 3.8) is 0 Å². The van der Waals surface area contributed by atoms with Crippen LogP contribution in [0.5, 0.6) is 0 Å². The third-order valence-electron chi connectivity index (χ3n) is 12.4. The maximum atomic E-state index is 2.54. The van der Waals surface area contributed by atoms with E-state index in [1.807, 2.05) is 0 Å². The number of aromatic nitrogens is 1. The smallest absolute Gasteiger partial charge is 0.0562 e. The van der Waals surface area contributed by atoms with Gasteiger partial charge in [-0.3, -0.25) is 0 Å². The zero-order chi connectivity index (χ0) is 39.1. The van der Waals surface area contributed by atoms with Gasteiger partial charge in [-0.25, -0.2) is 0 Å². The van der Waals surface area contributed by atoms with Gasteiger partial charge < -0.3 is 14.4 Å². The molecule has 0 radical (unpaired) electrons. The lowest BCUT2D eigenvalue weighted by Crippen LogP contribution is -2.30. The van der Waals surface area contributed by atoms with Gasteiger partial charge in [-0.1, -0.05) is 129 Å². The van der Waals surface area contributed by atoms with Gasteiger partial charge in [0.05, 0.1) is 33.8 Å². The molecule has 1 aromatic heterocycles. The van der Waals surface area contributed by atoms with Crippen LogP contribution in [-0.4, -0.2) is 4.57 Å². The molecule has 0 fully saturated rings. The van der Waals surface area contributed by atoms with Crippen LogP contribution in [0.3, 0.4) is 0 Å². The Labute approximate surface area is 339 Å². The lowest BCUT2D eigenvalue weighted by Gasteiger charge is -2.42. The quantitative estimate of drug-likeness (QED) is 0.174. The first-order valence-electron chi connectivity index (χ1n) is 20.3. The molecule has 10 aromatic rings. The van der Waals surface area contributed by atoms with Gasteiger partial charge in [0.15, 0.2) is 0 Å². The summed E-state index contributed by atoms with van der Waals surface area (Å²) in [5.41, 5.74) is 15.5. The van der Waals surface area contributed by atoms with Crippen molar-refractivity contribution < 1.29 is 0 Å². The van der Waals surface area contributed by atoms with Gasteiger partial charge in [0.25, 0.3) is 0 Å². The summed E-state index contributed by atoms with van der Waals surface area (Å²) in [6.45, 7) is 9.17. The van der Waals surface area contributed by atoms with Crippen LogP contribution in [0.15, 0.2) is 188 Å². The third-order valence-corrected chi connectivity index (χ3v) is 12.4. The molecule has 3 nitrogen and oxygen atoms in total. The van der Waals surface area contributed by atoms with Crippen molar-refractivity contribution in [3.8, 4) is 5.69 Å². The van der Waals surface area contributed by atoms with Gasteiger partial charge in [-0.2, -0.15) is 0 Å². The van der Waals surface area contributed by atoms with E-state index in [-0.39, 0.29) is 5.41 Å². The van der Waals surface area contributed by atoms with Crippen LogP contribution in [0.2, 0.25) is 0 Å². The molecule has 0 N–H and O–H groups in total.